The van der Waals surface area contributed by atoms with Gasteiger partial charge in [0.2, 0.25) is 0 Å². The molecule has 4 heteroatoms. The average molecular weight is 304 g/mol. The number of halogens is 1. The Balaban J connectivity index is 1.96. The molecule has 1 N–H and O–H groups in total. The van der Waals surface area contributed by atoms with Crippen molar-refractivity contribution in [2.24, 2.45) is 5.41 Å². The number of nitrogens with one attached hydrogen (secondary N) is 1. The van der Waals surface area contributed by atoms with Gasteiger partial charge in [-0.25, -0.2) is 0 Å². The van der Waals surface area contributed by atoms with Crippen molar-refractivity contribution in [1.82, 2.24) is 15.1 Å². The van der Waals surface area contributed by atoms with E-state index in [-0.39, 0.29) is 0 Å². The van der Waals surface area contributed by atoms with Gasteiger partial charge in [0.05, 0.1) is 12.7 Å². The quantitative estimate of drug-likeness (QED) is 0.934. The highest BCUT2D eigenvalue weighted by atomic mass is 35.5. The summed E-state index contributed by atoms with van der Waals surface area (Å²) in [6.45, 7) is 5.39. The minimum Gasteiger partial charge on any atom is -0.313 e. The van der Waals surface area contributed by atoms with Gasteiger partial charge in [-0.1, -0.05) is 43.6 Å². The van der Waals surface area contributed by atoms with Crippen LogP contribution in [0.15, 0.2) is 30.5 Å². The Morgan fingerprint density at radius 2 is 2.14 bits per heavy atom. The standard InChI is InChI=1S/C17H22ClN3/c1-17(2)8-15(19-3)13-10-20-21(16(13)9-17)11-12-6-4-5-7-14(12)18/h4-7,10,15,19H,8-9,11H2,1-3H3. The smallest absolute Gasteiger partial charge is 0.0677 e. The van der Waals surface area contributed by atoms with E-state index in [1.54, 1.807) is 0 Å². The lowest BCUT2D eigenvalue weighted by atomic mass is 9.74. The Bertz CT molecular complexity index is 645. The largest absolute Gasteiger partial charge is 0.313 e. The fraction of sp³-hybridized carbons (Fsp3) is 0.471. The van der Waals surface area contributed by atoms with Gasteiger partial charge in [-0.3, -0.25) is 4.68 Å². The first-order valence-electron chi connectivity index (χ1n) is 7.45. The number of fused-ring (bicyclic) bond motifs is 1. The molecule has 1 aliphatic carbocycles. The van der Waals surface area contributed by atoms with Crippen molar-refractivity contribution in [1.29, 1.82) is 0 Å². The molecular formula is C17H22ClN3. The van der Waals surface area contributed by atoms with Crippen molar-refractivity contribution < 1.29 is 0 Å². The van der Waals surface area contributed by atoms with Crippen molar-refractivity contribution in [3.63, 3.8) is 0 Å². The summed E-state index contributed by atoms with van der Waals surface area (Å²) in [5.74, 6) is 0. The van der Waals surface area contributed by atoms with Crippen LogP contribution in [0.25, 0.3) is 0 Å². The fourth-order valence-corrected chi connectivity index (χ4v) is 3.47. The van der Waals surface area contributed by atoms with Gasteiger partial charge >= 0.3 is 0 Å². The van der Waals surface area contributed by atoms with Crippen molar-refractivity contribution in [2.75, 3.05) is 7.05 Å². The number of nitrogens with zero attached hydrogens (tertiary/aromatic N) is 2. The van der Waals surface area contributed by atoms with Crippen LogP contribution in [0.5, 0.6) is 0 Å². The molecule has 0 amide bonds. The average Bonchev–Trinajstić information content (AvgIpc) is 2.82. The van der Waals surface area contributed by atoms with E-state index in [0.717, 1.165) is 30.0 Å². The molecule has 0 bridgehead atoms. The Labute approximate surface area is 131 Å². The molecule has 1 aromatic carbocycles. The van der Waals surface area contributed by atoms with E-state index in [9.17, 15) is 0 Å². The van der Waals surface area contributed by atoms with Gasteiger partial charge in [-0.05, 0) is 36.9 Å². The molecule has 21 heavy (non-hydrogen) atoms. The highest BCUT2D eigenvalue weighted by Crippen LogP contribution is 2.40. The molecule has 112 valence electrons. The van der Waals surface area contributed by atoms with E-state index in [1.807, 2.05) is 31.4 Å². The first-order valence-corrected chi connectivity index (χ1v) is 7.83. The molecule has 0 aliphatic heterocycles. The van der Waals surface area contributed by atoms with Crippen LogP contribution in [0.3, 0.4) is 0 Å². The number of hydrogen-bond donors (Lipinski definition) is 1. The summed E-state index contributed by atoms with van der Waals surface area (Å²) in [6.07, 6.45) is 4.22. The van der Waals surface area contributed by atoms with Gasteiger partial charge in [0, 0.05) is 22.3 Å². The minimum atomic E-state index is 0.291. The second kappa shape index (κ2) is 5.47. The summed E-state index contributed by atoms with van der Waals surface area (Å²) in [5.41, 5.74) is 4.09. The summed E-state index contributed by atoms with van der Waals surface area (Å²) in [6, 6.07) is 8.39. The zero-order valence-corrected chi connectivity index (χ0v) is 13.6. The third-order valence-corrected chi connectivity index (χ3v) is 4.75. The maximum atomic E-state index is 6.28. The Morgan fingerprint density at radius 1 is 1.38 bits per heavy atom. The van der Waals surface area contributed by atoms with E-state index in [1.165, 1.54) is 11.3 Å². The van der Waals surface area contributed by atoms with Crippen molar-refractivity contribution in [2.45, 2.75) is 39.3 Å². The zero-order valence-electron chi connectivity index (χ0n) is 12.9. The highest BCUT2D eigenvalue weighted by molar-refractivity contribution is 6.31. The van der Waals surface area contributed by atoms with Crippen LogP contribution in [-0.2, 0) is 13.0 Å². The predicted molar refractivity (Wildman–Crippen MR) is 86.7 cm³/mol. The molecule has 3 rings (SSSR count). The summed E-state index contributed by atoms with van der Waals surface area (Å²) < 4.78 is 2.11. The number of benzene rings is 1. The SMILES string of the molecule is CNC1CC(C)(C)Cc2c1cnn2Cc1ccccc1Cl. The van der Waals surface area contributed by atoms with Gasteiger partial charge < -0.3 is 5.32 Å². The van der Waals surface area contributed by atoms with Crippen LogP contribution in [0.4, 0.5) is 0 Å². The normalized spacial score (nSPS) is 20.3. The lowest BCUT2D eigenvalue weighted by Gasteiger charge is -2.35. The topological polar surface area (TPSA) is 29.9 Å². The minimum absolute atomic E-state index is 0.291. The molecule has 2 aromatic rings. The van der Waals surface area contributed by atoms with Gasteiger partial charge in [0.15, 0.2) is 0 Å². The van der Waals surface area contributed by atoms with Crippen LogP contribution in [0, 0.1) is 5.41 Å². The van der Waals surface area contributed by atoms with Crippen LogP contribution in [0.2, 0.25) is 5.02 Å². The van der Waals surface area contributed by atoms with E-state index >= 15 is 0 Å². The van der Waals surface area contributed by atoms with Crippen LogP contribution < -0.4 is 5.32 Å². The molecule has 0 saturated heterocycles. The van der Waals surface area contributed by atoms with Crippen LogP contribution in [-0.4, -0.2) is 16.8 Å². The number of rotatable bonds is 3. The summed E-state index contributed by atoms with van der Waals surface area (Å²) in [7, 11) is 2.03. The Morgan fingerprint density at radius 3 is 2.86 bits per heavy atom. The lowest BCUT2D eigenvalue weighted by Crippen LogP contribution is -2.32. The summed E-state index contributed by atoms with van der Waals surface area (Å²) >= 11 is 6.28. The molecule has 1 heterocycles. The van der Waals surface area contributed by atoms with E-state index in [0.29, 0.717) is 11.5 Å². The lowest BCUT2D eigenvalue weighted by molar-refractivity contribution is 0.258. The van der Waals surface area contributed by atoms with Gasteiger partial charge in [-0.15, -0.1) is 0 Å². The van der Waals surface area contributed by atoms with Crippen molar-refractivity contribution >= 4 is 11.6 Å². The maximum absolute atomic E-state index is 6.28. The third kappa shape index (κ3) is 2.85. The van der Waals surface area contributed by atoms with Crippen LogP contribution in [0.1, 0.15) is 43.1 Å². The molecule has 1 aromatic heterocycles. The van der Waals surface area contributed by atoms with E-state index in [2.05, 4.69) is 35.0 Å². The second-order valence-corrected chi connectivity index (χ2v) is 7.09. The molecule has 0 saturated carbocycles. The van der Waals surface area contributed by atoms with E-state index in [4.69, 9.17) is 11.6 Å². The van der Waals surface area contributed by atoms with Gasteiger partial charge in [0.1, 0.15) is 0 Å². The highest BCUT2D eigenvalue weighted by Gasteiger charge is 2.34. The summed E-state index contributed by atoms with van der Waals surface area (Å²) in [5, 5.41) is 8.85. The molecule has 1 unspecified atom stereocenters. The Hall–Kier alpha value is -1.32. The predicted octanol–water partition coefficient (Wildman–Crippen LogP) is 3.82. The number of hydrogen-bond acceptors (Lipinski definition) is 2. The molecule has 1 aliphatic rings. The van der Waals surface area contributed by atoms with Crippen molar-refractivity contribution in [3.05, 3.63) is 52.3 Å². The van der Waals surface area contributed by atoms with Gasteiger partial charge in [-0.2, -0.15) is 5.10 Å². The van der Waals surface area contributed by atoms with E-state index < -0.39 is 0 Å². The first-order chi connectivity index (χ1) is 10.00. The zero-order chi connectivity index (χ0) is 15.0. The number of aromatic nitrogens is 2. The fourth-order valence-electron chi connectivity index (χ4n) is 3.28. The van der Waals surface area contributed by atoms with Crippen molar-refractivity contribution in [3.8, 4) is 0 Å². The third-order valence-electron chi connectivity index (χ3n) is 4.39. The summed E-state index contributed by atoms with van der Waals surface area (Å²) in [4.78, 5) is 0. The molecule has 3 nitrogen and oxygen atoms in total. The molecular weight excluding hydrogens is 282 g/mol. The second-order valence-electron chi connectivity index (χ2n) is 6.68. The first kappa shape index (κ1) is 14.6. The van der Waals surface area contributed by atoms with Gasteiger partial charge in [0.25, 0.3) is 0 Å². The molecule has 0 radical (unpaired) electrons. The monoisotopic (exact) mass is 303 g/mol. The molecule has 0 fully saturated rings. The Kier molecular flexibility index (Phi) is 3.80. The van der Waals surface area contributed by atoms with Crippen LogP contribution >= 0.6 is 11.6 Å². The maximum Gasteiger partial charge on any atom is 0.0677 e. The molecule has 1 atom stereocenters. The molecule has 0 spiro atoms.